The fourth-order valence-corrected chi connectivity index (χ4v) is 4.14. The minimum atomic E-state index is 0.217. The fraction of sp³-hybridized carbons (Fsp3) is 1.00. The van der Waals surface area contributed by atoms with Crippen LogP contribution in [0.25, 0.3) is 0 Å². The summed E-state index contributed by atoms with van der Waals surface area (Å²) < 4.78 is 6.31. The van der Waals surface area contributed by atoms with E-state index in [9.17, 15) is 0 Å². The van der Waals surface area contributed by atoms with Crippen LogP contribution < -0.4 is 5.32 Å². The van der Waals surface area contributed by atoms with E-state index in [1.54, 1.807) is 0 Å². The second-order valence-electron chi connectivity index (χ2n) is 6.39. The molecule has 1 atom stereocenters. The van der Waals surface area contributed by atoms with Crippen molar-refractivity contribution in [3.05, 3.63) is 0 Å². The summed E-state index contributed by atoms with van der Waals surface area (Å²) in [5.74, 6) is 1.88. The molecule has 1 unspecified atom stereocenters. The quantitative estimate of drug-likeness (QED) is 0.797. The second kappa shape index (κ2) is 4.89. The second-order valence-corrected chi connectivity index (χ2v) is 6.39. The third-order valence-corrected chi connectivity index (χ3v) is 5.57. The predicted octanol–water partition coefficient (Wildman–Crippen LogP) is 3.11. The van der Waals surface area contributed by atoms with Crippen LogP contribution in [0.5, 0.6) is 0 Å². The van der Waals surface area contributed by atoms with Crippen molar-refractivity contribution < 1.29 is 4.74 Å². The van der Waals surface area contributed by atoms with E-state index >= 15 is 0 Å². The molecule has 0 aromatic carbocycles. The molecule has 3 fully saturated rings. The highest BCUT2D eigenvalue weighted by Crippen LogP contribution is 2.45. The third-order valence-electron chi connectivity index (χ3n) is 5.57. The molecule has 0 amide bonds. The molecule has 98 valence electrons. The Morgan fingerprint density at radius 1 is 1.18 bits per heavy atom. The van der Waals surface area contributed by atoms with Crippen LogP contribution in [0.15, 0.2) is 0 Å². The minimum absolute atomic E-state index is 0.217. The van der Waals surface area contributed by atoms with Crippen LogP contribution >= 0.6 is 0 Å². The summed E-state index contributed by atoms with van der Waals surface area (Å²) in [4.78, 5) is 0. The van der Waals surface area contributed by atoms with Crippen molar-refractivity contribution in [3.8, 4) is 0 Å². The summed E-state index contributed by atoms with van der Waals surface area (Å²) in [5, 5.41) is 3.79. The van der Waals surface area contributed by atoms with Gasteiger partial charge in [0, 0.05) is 12.6 Å². The molecule has 2 heteroatoms. The molecule has 1 N–H and O–H groups in total. The first-order valence-corrected chi connectivity index (χ1v) is 7.71. The highest BCUT2D eigenvalue weighted by Gasteiger charge is 2.48. The summed E-state index contributed by atoms with van der Waals surface area (Å²) in [6.45, 7) is 4.34. The molecule has 2 aliphatic carbocycles. The van der Waals surface area contributed by atoms with Crippen molar-refractivity contribution in [2.75, 3.05) is 13.2 Å². The maximum Gasteiger partial charge on any atom is 0.0838 e. The molecular weight excluding hydrogens is 210 g/mol. The van der Waals surface area contributed by atoms with Crippen LogP contribution in [-0.4, -0.2) is 24.8 Å². The van der Waals surface area contributed by atoms with E-state index < -0.39 is 0 Å². The van der Waals surface area contributed by atoms with Gasteiger partial charge in [-0.2, -0.15) is 0 Å². The maximum atomic E-state index is 6.31. The molecule has 1 spiro atoms. The van der Waals surface area contributed by atoms with E-state index in [0.29, 0.717) is 6.04 Å². The Morgan fingerprint density at radius 3 is 2.53 bits per heavy atom. The lowest BCUT2D eigenvalue weighted by Gasteiger charge is -2.52. The largest absolute Gasteiger partial charge is 0.372 e. The molecular formula is C15H27NO. The number of nitrogens with one attached hydrogen (secondary N) is 1. The topological polar surface area (TPSA) is 21.3 Å². The molecule has 3 rings (SSSR count). The molecule has 0 radical (unpaired) electrons. The lowest BCUT2D eigenvalue weighted by atomic mass is 9.66. The summed E-state index contributed by atoms with van der Waals surface area (Å²) >= 11 is 0. The molecule has 0 aromatic rings. The Hall–Kier alpha value is -0.0800. The first-order valence-electron chi connectivity index (χ1n) is 7.71. The molecule has 2 saturated carbocycles. The normalized spacial score (nSPS) is 43.6. The molecule has 0 bridgehead atoms. The van der Waals surface area contributed by atoms with Crippen LogP contribution in [-0.2, 0) is 4.74 Å². The lowest BCUT2D eigenvalue weighted by molar-refractivity contribution is -0.142. The predicted molar refractivity (Wildman–Crippen MR) is 70.1 cm³/mol. The van der Waals surface area contributed by atoms with Crippen molar-refractivity contribution in [1.29, 1.82) is 0 Å². The summed E-state index contributed by atoms with van der Waals surface area (Å²) in [7, 11) is 0. The van der Waals surface area contributed by atoms with E-state index in [2.05, 4.69) is 12.2 Å². The average molecular weight is 237 g/mol. The summed E-state index contributed by atoms with van der Waals surface area (Å²) in [5.41, 5.74) is 0.217. The lowest BCUT2D eigenvalue weighted by Crippen LogP contribution is -2.63. The fourth-order valence-electron chi connectivity index (χ4n) is 4.14. The SMILES string of the molecule is CCC1CCC2(CC1)OCCNC2C1CCC1. The Kier molecular flexibility index (Phi) is 3.45. The number of ether oxygens (including phenoxy) is 1. The molecule has 1 aliphatic heterocycles. The summed E-state index contributed by atoms with van der Waals surface area (Å²) in [6.07, 6.45) is 11.1. The highest BCUT2D eigenvalue weighted by atomic mass is 16.5. The van der Waals surface area contributed by atoms with Gasteiger partial charge >= 0.3 is 0 Å². The zero-order valence-electron chi connectivity index (χ0n) is 11.2. The van der Waals surface area contributed by atoms with Gasteiger partial charge in [-0.3, -0.25) is 0 Å². The molecule has 3 aliphatic rings. The monoisotopic (exact) mass is 237 g/mol. The third kappa shape index (κ3) is 2.15. The van der Waals surface area contributed by atoms with Crippen molar-refractivity contribution in [2.24, 2.45) is 11.8 Å². The van der Waals surface area contributed by atoms with Gasteiger partial charge in [0.05, 0.1) is 12.2 Å². The van der Waals surface area contributed by atoms with E-state index in [-0.39, 0.29) is 5.60 Å². The molecule has 17 heavy (non-hydrogen) atoms. The van der Waals surface area contributed by atoms with Gasteiger partial charge in [-0.05, 0) is 50.4 Å². The van der Waals surface area contributed by atoms with Crippen LogP contribution in [0.1, 0.15) is 58.3 Å². The standard InChI is InChI=1S/C15H27NO/c1-2-12-6-8-15(9-7-12)14(13-4-3-5-13)16-10-11-17-15/h12-14,16H,2-11H2,1H3. The Morgan fingerprint density at radius 2 is 1.94 bits per heavy atom. The average Bonchev–Trinajstić information content (AvgIpc) is 2.31. The first kappa shape index (κ1) is 12.0. The van der Waals surface area contributed by atoms with Gasteiger partial charge in [0.2, 0.25) is 0 Å². The Labute approximate surface area is 105 Å². The van der Waals surface area contributed by atoms with E-state index in [1.165, 1.54) is 51.4 Å². The highest BCUT2D eigenvalue weighted by molar-refractivity contribution is 5.03. The van der Waals surface area contributed by atoms with Crippen LogP contribution in [0.4, 0.5) is 0 Å². The number of morpholine rings is 1. The zero-order chi connectivity index (χ0) is 11.7. The zero-order valence-corrected chi connectivity index (χ0v) is 11.2. The first-order chi connectivity index (χ1) is 8.34. The number of rotatable bonds is 2. The Bertz CT molecular complexity index is 254. The van der Waals surface area contributed by atoms with Crippen molar-refractivity contribution in [1.82, 2.24) is 5.32 Å². The van der Waals surface area contributed by atoms with E-state index in [1.807, 2.05) is 0 Å². The van der Waals surface area contributed by atoms with E-state index in [0.717, 1.165) is 25.0 Å². The molecule has 2 nitrogen and oxygen atoms in total. The van der Waals surface area contributed by atoms with Crippen LogP contribution in [0, 0.1) is 11.8 Å². The van der Waals surface area contributed by atoms with E-state index in [4.69, 9.17) is 4.74 Å². The smallest absolute Gasteiger partial charge is 0.0838 e. The molecule has 0 aromatic heterocycles. The van der Waals surface area contributed by atoms with Gasteiger partial charge in [-0.15, -0.1) is 0 Å². The van der Waals surface area contributed by atoms with Crippen LogP contribution in [0.2, 0.25) is 0 Å². The molecule has 1 saturated heterocycles. The van der Waals surface area contributed by atoms with Crippen molar-refractivity contribution >= 4 is 0 Å². The van der Waals surface area contributed by atoms with Gasteiger partial charge in [0.1, 0.15) is 0 Å². The van der Waals surface area contributed by atoms with Crippen molar-refractivity contribution in [3.63, 3.8) is 0 Å². The van der Waals surface area contributed by atoms with Gasteiger partial charge in [-0.25, -0.2) is 0 Å². The van der Waals surface area contributed by atoms with Gasteiger partial charge in [0.15, 0.2) is 0 Å². The maximum absolute atomic E-state index is 6.31. The molecule has 1 heterocycles. The summed E-state index contributed by atoms with van der Waals surface area (Å²) in [6, 6.07) is 0.669. The van der Waals surface area contributed by atoms with Crippen LogP contribution in [0.3, 0.4) is 0 Å². The minimum Gasteiger partial charge on any atom is -0.372 e. The Balaban J connectivity index is 1.69. The number of hydrogen-bond donors (Lipinski definition) is 1. The van der Waals surface area contributed by atoms with Crippen molar-refractivity contribution in [2.45, 2.75) is 69.9 Å². The van der Waals surface area contributed by atoms with Gasteiger partial charge < -0.3 is 10.1 Å². The van der Waals surface area contributed by atoms with Gasteiger partial charge in [-0.1, -0.05) is 19.8 Å². The van der Waals surface area contributed by atoms with Gasteiger partial charge in [0.25, 0.3) is 0 Å². The number of hydrogen-bond acceptors (Lipinski definition) is 2.